The summed E-state index contributed by atoms with van der Waals surface area (Å²) >= 11 is 0. The van der Waals surface area contributed by atoms with E-state index in [0.717, 1.165) is 4.90 Å². The first-order valence-electron chi connectivity index (χ1n) is 8.88. The number of hydrogen-bond donors (Lipinski definition) is 2. The minimum atomic E-state index is -0.820. The summed E-state index contributed by atoms with van der Waals surface area (Å²) in [5, 5.41) is 19.3. The number of amides is 3. The van der Waals surface area contributed by atoms with Crippen LogP contribution in [-0.2, 0) is 11.3 Å². The van der Waals surface area contributed by atoms with E-state index in [1.807, 2.05) is 0 Å². The molecule has 146 valence electrons. The third kappa shape index (κ3) is 3.04. The fourth-order valence-corrected chi connectivity index (χ4v) is 3.36. The Morgan fingerprint density at radius 1 is 1.10 bits per heavy atom. The SMILES string of the molecule is N#CC(=Cc1ccc(CN2C(=O)c3ccnc4c(O)ccc(c34)C2=O)cc1)C(N)=O. The zero-order valence-electron chi connectivity index (χ0n) is 15.5. The molecule has 0 radical (unpaired) electrons. The van der Waals surface area contributed by atoms with Crippen molar-refractivity contribution in [2.45, 2.75) is 6.54 Å². The first-order valence-corrected chi connectivity index (χ1v) is 8.88. The Bertz CT molecular complexity index is 1280. The van der Waals surface area contributed by atoms with Crippen molar-refractivity contribution in [3.8, 4) is 11.8 Å². The van der Waals surface area contributed by atoms with Crippen molar-refractivity contribution in [2.24, 2.45) is 5.73 Å². The Balaban J connectivity index is 1.66. The summed E-state index contributed by atoms with van der Waals surface area (Å²) in [6, 6.07) is 12.8. The molecule has 0 atom stereocenters. The van der Waals surface area contributed by atoms with Crippen molar-refractivity contribution in [3.05, 3.63) is 76.5 Å². The van der Waals surface area contributed by atoms with E-state index >= 15 is 0 Å². The topological polar surface area (TPSA) is 137 Å². The predicted octanol–water partition coefficient (Wildman–Crippen LogP) is 2.13. The summed E-state index contributed by atoms with van der Waals surface area (Å²) in [6.07, 6.45) is 2.78. The molecule has 4 rings (SSSR count). The molecule has 2 aromatic carbocycles. The van der Waals surface area contributed by atoms with Gasteiger partial charge in [-0.1, -0.05) is 24.3 Å². The Kier molecular flexibility index (Phi) is 4.49. The van der Waals surface area contributed by atoms with Crippen LogP contribution in [0.3, 0.4) is 0 Å². The number of phenolic OH excluding ortho intramolecular Hbond substituents is 1. The number of primary amides is 1. The van der Waals surface area contributed by atoms with Crippen LogP contribution in [-0.4, -0.2) is 32.7 Å². The number of nitrogens with two attached hydrogens (primary N) is 1. The molecule has 3 aromatic rings. The molecule has 0 saturated heterocycles. The number of nitriles is 1. The Morgan fingerprint density at radius 3 is 2.40 bits per heavy atom. The van der Waals surface area contributed by atoms with Gasteiger partial charge in [0.05, 0.1) is 17.7 Å². The molecule has 0 saturated carbocycles. The van der Waals surface area contributed by atoms with Crippen LogP contribution in [0.4, 0.5) is 0 Å². The van der Waals surface area contributed by atoms with E-state index in [1.54, 1.807) is 30.3 Å². The summed E-state index contributed by atoms with van der Waals surface area (Å²) in [7, 11) is 0. The van der Waals surface area contributed by atoms with Crippen molar-refractivity contribution >= 4 is 34.7 Å². The Hall–Kier alpha value is -4.51. The number of nitrogens with zero attached hydrogens (tertiary/aromatic N) is 3. The molecular formula is C22H14N4O4. The Labute approximate surface area is 170 Å². The lowest BCUT2D eigenvalue weighted by Crippen LogP contribution is -2.39. The van der Waals surface area contributed by atoms with Crippen LogP contribution in [0.25, 0.3) is 17.0 Å². The number of rotatable bonds is 4. The second-order valence-electron chi connectivity index (χ2n) is 6.69. The molecule has 8 heteroatoms. The lowest BCUT2D eigenvalue weighted by Gasteiger charge is -2.27. The van der Waals surface area contributed by atoms with E-state index < -0.39 is 17.7 Å². The van der Waals surface area contributed by atoms with Gasteiger partial charge in [0.25, 0.3) is 17.7 Å². The number of pyridine rings is 1. The van der Waals surface area contributed by atoms with Gasteiger partial charge in [0, 0.05) is 11.6 Å². The van der Waals surface area contributed by atoms with Gasteiger partial charge in [0.15, 0.2) is 0 Å². The van der Waals surface area contributed by atoms with E-state index in [1.165, 1.54) is 30.5 Å². The molecule has 0 fully saturated rings. The molecule has 1 aliphatic rings. The van der Waals surface area contributed by atoms with Crippen molar-refractivity contribution in [2.75, 3.05) is 0 Å². The van der Waals surface area contributed by atoms with Gasteiger partial charge in [0.1, 0.15) is 22.9 Å². The number of carbonyl (C=O) groups excluding carboxylic acids is 3. The maximum absolute atomic E-state index is 13.0. The largest absolute Gasteiger partial charge is 0.506 e. The fraction of sp³-hybridized carbons (Fsp3) is 0.0455. The molecule has 0 spiro atoms. The van der Waals surface area contributed by atoms with Crippen LogP contribution in [0, 0.1) is 11.3 Å². The van der Waals surface area contributed by atoms with Gasteiger partial charge in [-0.25, -0.2) is 0 Å². The maximum atomic E-state index is 13.0. The zero-order valence-corrected chi connectivity index (χ0v) is 15.5. The first-order chi connectivity index (χ1) is 14.4. The minimum Gasteiger partial charge on any atom is -0.506 e. The van der Waals surface area contributed by atoms with Crippen LogP contribution in [0.1, 0.15) is 31.8 Å². The van der Waals surface area contributed by atoms with E-state index in [0.29, 0.717) is 27.6 Å². The molecule has 8 nitrogen and oxygen atoms in total. The minimum absolute atomic E-state index is 0.0344. The van der Waals surface area contributed by atoms with E-state index in [9.17, 15) is 19.5 Å². The molecule has 30 heavy (non-hydrogen) atoms. The average Bonchev–Trinajstić information content (AvgIpc) is 2.75. The van der Waals surface area contributed by atoms with Crippen LogP contribution in [0.5, 0.6) is 5.75 Å². The highest BCUT2D eigenvalue weighted by molar-refractivity contribution is 6.25. The second-order valence-corrected chi connectivity index (χ2v) is 6.69. The smallest absolute Gasteiger partial charge is 0.261 e. The van der Waals surface area contributed by atoms with Crippen LogP contribution < -0.4 is 5.73 Å². The number of phenols is 1. The molecule has 3 amide bonds. The lowest BCUT2D eigenvalue weighted by atomic mass is 9.96. The molecular weight excluding hydrogens is 384 g/mol. The molecule has 1 aliphatic heterocycles. The van der Waals surface area contributed by atoms with Crippen molar-refractivity contribution in [3.63, 3.8) is 0 Å². The number of hydrogen-bond acceptors (Lipinski definition) is 6. The summed E-state index contributed by atoms with van der Waals surface area (Å²) in [5.74, 6) is -1.87. The highest BCUT2D eigenvalue weighted by atomic mass is 16.3. The van der Waals surface area contributed by atoms with Gasteiger partial charge in [-0.05, 0) is 35.4 Å². The first kappa shape index (κ1) is 18.8. The number of aromatic hydroxyl groups is 1. The predicted molar refractivity (Wildman–Crippen MR) is 107 cm³/mol. The molecule has 0 bridgehead atoms. The molecule has 0 aliphatic carbocycles. The van der Waals surface area contributed by atoms with E-state index in [-0.39, 0.29) is 23.4 Å². The summed E-state index contributed by atoms with van der Waals surface area (Å²) in [5.41, 5.74) is 7.02. The standard InChI is InChI=1S/C22H14N4O4/c23-10-14(20(24)28)9-12-1-3-13(4-2-12)11-26-21(29)15-5-6-17(27)19-18(15)16(22(26)30)7-8-25-19/h1-9,27H,11H2,(H2,24,28). The van der Waals surface area contributed by atoms with Gasteiger partial charge < -0.3 is 10.8 Å². The van der Waals surface area contributed by atoms with Gasteiger partial charge >= 0.3 is 0 Å². The van der Waals surface area contributed by atoms with Crippen molar-refractivity contribution in [1.29, 1.82) is 5.26 Å². The van der Waals surface area contributed by atoms with Crippen molar-refractivity contribution in [1.82, 2.24) is 9.88 Å². The summed E-state index contributed by atoms with van der Waals surface area (Å²) in [4.78, 5) is 42.3. The number of benzene rings is 2. The molecule has 0 unspecified atom stereocenters. The average molecular weight is 398 g/mol. The zero-order chi connectivity index (χ0) is 21.4. The molecule has 3 N–H and O–H groups in total. The van der Waals surface area contributed by atoms with Crippen LogP contribution in [0.2, 0.25) is 0 Å². The van der Waals surface area contributed by atoms with E-state index in [4.69, 9.17) is 11.0 Å². The maximum Gasteiger partial charge on any atom is 0.261 e. The molecule has 1 aromatic heterocycles. The highest BCUT2D eigenvalue weighted by Gasteiger charge is 2.33. The number of aromatic nitrogens is 1. The van der Waals surface area contributed by atoms with Crippen LogP contribution in [0.15, 0.2) is 54.2 Å². The van der Waals surface area contributed by atoms with Gasteiger partial charge in [-0.15, -0.1) is 0 Å². The van der Waals surface area contributed by atoms with E-state index in [2.05, 4.69) is 4.98 Å². The lowest BCUT2D eigenvalue weighted by molar-refractivity contribution is -0.114. The fourth-order valence-electron chi connectivity index (χ4n) is 3.36. The van der Waals surface area contributed by atoms with Crippen molar-refractivity contribution < 1.29 is 19.5 Å². The second kappa shape index (κ2) is 7.14. The molecule has 2 heterocycles. The number of imide groups is 1. The third-order valence-electron chi connectivity index (χ3n) is 4.84. The van der Waals surface area contributed by atoms with Crippen LogP contribution >= 0.6 is 0 Å². The number of carbonyl (C=O) groups is 3. The van der Waals surface area contributed by atoms with Gasteiger partial charge in [-0.2, -0.15) is 5.26 Å². The summed E-state index contributed by atoms with van der Waals surface area (Å²) < 4.78 is 0. The van der Waals surface area contributed by atoms with Gasteiger partial charge in [0.2, 0.25) is 0 Å². The summed E-state index contributed by atoms with van der Waals surface area (Å²) in [6.45, 7) is 0.0344. The quantitative estimate of drug-likeness (QED) is 0.392. The monoisotopic (exact) mass is 398 g/mol. The highest BCUT2D eigenvalue weighted by Crippen LogP contribution is 2.34. The third-order valence-corrected chi connectivity index (χ3v) is 4.84. The Morgan fingerprint density at radius 2 is 1.77 bits per heavy atom. The van der Waals surface area contributed by atoms with Gasteiger partial charge in [-0.3, -0.25) is 24.3 Å². The normalized spacial score (nSPS) is 13.4.